The van der Waals surface area contributed by atoms with E-state index in [9.17, 15) is 5.11 Å². The highest BCUT2D eigenvalue weighted by molar-refractivity contribution is 6.34. The molecule has 10 nitrogen and oxygen atoms in total. The van der Waals surface area contributed by atoms with Crippen molar-refractivity contribution in [3.05, 3.63) is 17.4 Å². The van der Waals surface area contributed by atoms with E-state index < -0.39 is 48.3 Å². The molecule has 5 rings (SSSR count). The maximum atomic E-state index is 11.3. The third-order valence-electron chi connectivity index (χ3n) is 5.63. The first-order valence-corrected chi connectivity index (χ1v) is 10.2. The molecular formula is C19H25ClN4O6. The zero-order valence-electron chi connectivity index (χ0n) is 17.1. The van der Waals surface area contributed by atoms with Gasteiger partial charge in [0.25, 0.3) is 0 Å². The Morgan fingerprint density at radius 3 is 2.57 bits per heavy atom. The summed E-state index contributed by atoms with van der Waals surface area (Å²) in [7, 11) is 0. The summed E-state index contributed by atoms with van der Waals surface area (Å²) in [4.78, 5) is 8.28. The summed E-state index contributed by atoms with van der Waals surface area (Å²) >= 11 is 6.22. The van der Waals surface area contributed by atoms with Gasteiger partial charge in [0.15, 0.2) is 17.8 Å². The third-order valence-corrected chi connectivity index (χ3v) is 5.92. The first-order valence-electron chi connectivity index (χ1n) is 9.85. The van der Waals surface area contributed by atoms with Gasteiger partial charge in [0.2, 0.25) is 5.95 Å². The molecule has 0 aliphatic carbocycles. The van der Waals surface area contributed by atoms with E-state index in [0.29, 0.717) is 11.0 Å². The smallest absolute Gasteiger partial charge is 0.223 e. The van der Waals surface area contributed by atoms with Gasteiger partial charge in [0, 0.05) is 6.20 Å². The SMILES string of the molecule is CC1(C)OCC2O[C@@H](n3ccc4c(Cl)nc(N)nc43)C(O)[C@H]3OC(C)(C)OC3[C@@H]2O1. The number of nitrogens with two attached hydrogens (primary N) is 1. The van der Waals surface area contributed by atoms with Crippen molar-refractivity contribution in [1.82, 2.24) is 14.5 Å². The number of halogens is 1. The predicted molar refractivity (Wildman–Crippen MR) is 106 cm³/mol. The Kier molecular flexibility index (Phi) is 4.57. The van der Waals surface area contributed by atoms with Gasteiger partial charge in [-0.3, -0.25) is 0 Å². The molecule has 0 spiro atoms. The van der Waals surface area contributed by atoms with Crippen LogP contribution in [0.2, 0.25) is 5.15 Å². The average Bonchev–Trinajstić information content (AvgIpc) is 3.18. The molecule has 2 aromatic heterocycles. The number of hydrogen-bond donors (Lipinski definition) is 2. The van der Waals surface area contributed by atoms with Crippen LogP contribution >= 0.6 is 11.6 Å². The molecule has 6 atom stereocenters. The fraction of sp³-hybridized carbons (Fsp3) is 0.684. The number of aliphatic hydroxyl groups is 1. The summed E-state index contributed by atoms with van der Waals surface area (Å²) < 4.78 is 32.2. The van der Waals surface area contributed by atoms with E-state index in [1.54, 1.807) is 16.8 Å². The molecule has 3 saturated heterocycles. The number of hydrogen-bond acceptors (Lipinski definition) is 9. The van der Waals surface area contributed by atoms with Crippen LogP contribution in [0.5, 0.6) is 0 Å². The highest BCUT2D eigenvalue weighted by Crippen LogP contribution is 2.43. The number of aliphatic hydroxyl groups excluding tert-OH is 1. The van der Waals surface area contributed by atoms with Crippen molar-refractivity contribution in [1.29, 1.82) is 0 Å². The first-order chi connectivity index (χ1) is 14.0. The minimum absolute atomic E-state index is 0.0268. The lowest BCUT2D eigenvalue weighted by Gasteiger charge is -2.42. The van der Waals surface area contributed by atoms with E-state index in [1.165, 1.54) is 0 Å². The second-order valence-electron chi connectivity index (χ2n) is 8.75. The van der Waals surface area contributed by atoms with Crippen LogP contribution in [0, 0.1) is 0 Å². The molecule has 11 heteroatoms. The standard InChI is InChI=1S/C19H25ClN4O6/c1-18(2)26-7-9-11(28-18)13-12(29-19(3,4)30-13)10(25)16(27-9)24-6-5-8-14(20)22-17(21)23-15(8)24/h5-6,9-13,16,25H,7H2,1-4H3,(H2,21,22,23)/t9?,10?,11-,12-,13?,16-/m1/s1. The maximum absolute atomic E-state index is 11.3. The summed E-state index contributed by atoms with van der Waals surface area (Å²) in [6, 6.07) is 1.75. The fourth-order valence-corrected chi connectivity index (χ4v) is 4.65. The molecule has 0 bridgehead atoms. The summed E-state index contributed by atoms with van der Waals surface area (Å²) in [5.74, 6) is -1.67. The number of nitrogen functional groups attached to an aromatic ring is 1. The molecule has 0 amide bonds. The van der Waals surface area contributed by atoms with Crippen LogP contribution in [0.1, 0.15) is 33.9 Å². The van der Waals surface area contributed by atoms with Gasteiger partial charge in [-0.15, -0.1) is 0 Å². The van der Waals surface area contributed by atoms with E-state index in [1.807, 2.05) is 27.7 Å². The zero-order chi connectivity index (χ0) is 21.4. The van der Waals surface area contributed by atoms with E-state index in [2.05, 4.69) is 9.97 Å². The Morgan fingerprint density at radius 2 is 1.80 bits per heavy atom. The lowest BCUT2D eigenvalue weighted by atomic mass is 9.99. The van der Waals surface area contributed by atoms with Gasteiger partial charge < -0.3 is 39.1 Å². The second kappa shape index (κ2) is 6.73. The van der Waals surface area contributed by atoms with E-state index in [-0.39, 0.29) is 17.7 Å². The van der Waals surface area contributed by atoms with E-state index >= 15 is 0 Å². The van der Waals surface area contributed by atoms with Crippen molar-refractivity contribution >= 4 is 28.6 Å². The summed E-state index contributed by atoms with van der Waals surface area (Å²) in [6.45, 7) is 7.55. The minimum Gasteiger partial charge on any atom is -0.386 e. The van der Waals surface area contributed by atoms with Gasteiger partial charge >= 0.3 is 0 Å². The maximum Gasteiger partial charge on any atom is 0.223 e. The number of rotatable bonds is 1. The van der Waals surface area contributed by atoms with Crippen LogP contribution in [0.15, 0.2) is 12.3 Å². The Labute approximate surface area is 178 Å². The Hall–Kier alpha value is -1.53. The van der Waals surface area contributed by atoms with Gasteiger partial charge in [0.1, 0.15) is 41.3 Å². The molecule has 3 aliphatic heterocycles. The topological polar surface area (TPSA) is 123 Å². The van der Waals surface area contributed by atoms with Crippen LogP contribution in [-0.4, -0.2) is 68.3 Å². The summed E-state index contributed by atoms with van der Waals surface area (Å²) in [5.41, 5.74) is 6.24. The van der Waals surface area contributed by atoms with Crippen LogP contribution < -0.4 is 5.73 Å². The number of fused-ring (bicyclic) bond motifs is 4. The molecule has 30 heavy (non-hydrogen) atoms. The largest absolute Gasteiger partial charge is 0.386 e. The average molecular weight is 441 g/mol. The lowest BCUT2D eigenvalue weighted by Crippen LogP contribution is -2.55. The summed E-state index contributed by atoms with van der Waals surface area (Å²) in [6.07, 6.45) is -2.45. The second-order valence-corrected chi connectivity index (χ2v) is 9.10. The first kappa shape index (κ1) is 20.4. The van der Waals surface area contributed by atoms with Crippen LogP contribution in [-0.2, 0) is 23.7 Å². The molecule has 164 valence electrons. The lowest BCUT2D eigenvalue weighted by molar-refractivity contribution is -0.332. The highest BCUT2D eigenvalue weighted by Gasteiger charge is 2.58. The predicted octanol–water partition coefficient (Wildman–Crippen LogP) is 1.60. The molecule has 0 radical (unpaired) electrons. The molecule has 2 aromatic rings. The van der Waals surface area contributed by atoms with Crippen LogP contribution in [0.4, 0.5) is 5.95 Å². The van der Waals surface area contributed by atoms with E-state index in [0.717, 1.165) is 0 Å². The Morgan fingerprint density at radius 1 is 1.10 bits per heavy atom. The molecule has 3 aliphatic rings. The van der Waals surface area contributed by atoms with E-state index in [4.69, 9.17) is 41.0 Å². The number of aromatic nitrogens is 3. The minimum atomic E-state index is -1.08. The quantitative estimate of drug-likeness (QED) is 0.636. The molecular weight excluding hydrogens is 416 g/mol. The molecule has 3 unspecified atom stereocenters. The van der Waals surface area contributed by atoms with Crippen molar-refractivity contribution in [2.45, 2.75) is 76.0 Å². The van der Waals surface area contributed by atoms with Crippen molar-refractivity contribution in [2.24, 2.45) is 0 Å². The third kappa shape index (κ3) is 3.27. The highest BCUT2D eigenvalue weighted by atomic mass is 35.5. The van der Waals surface area contributed by atoms with Crippen LogP contribution in [0.25, 0.3) is 11.0 Å². The van der Waals surface area contributed by atoms with Gasteiger partial charge in [-0.25, -0.2) is 4.98 Å². The van der Waals surface area contributed by atoms with Gasteiger partial charge in [-0.05, 0) is 33.8 Å². The van der Waals surface area contributed by atoms with Crippen molar-refractivity contribution in [3.8, 4) is 0 Å². The van der Waals surface area contributed by atoms with Gasteiger partial charge in [-0.2, -0.15) is 4.98 Å². The van der Waals surface area contributed by atoms with Crippen LogP contribution in [0.3, 0.4) is 0 Å². The van der Waals surface area contributed by atoms with Crippen molar-refractivity contribution in [3.63, 3.8) is 0 Å². The zero-order valence-corrected chi connectivity index (χ0v) is 17.9. The molecule has 0 saturated carbocycles. The molecule has 0 aromatic carbocycles. The summed E-state index contributed by atoms with van der Waals surface area (Å²) in [5, 5.41) is 12.2. The molecule has 3 N–H and O–H groups in total. The number of anilines is 1. The van der Waals surface area contributed by atoms with Crippen molar-refractivity contribution in [2.75, 3.05) is 12.3 Å². The Balaban J connectivity index is 1.59. The normalized spacial score (nSPS) is 37.5. The van der Waals surface area contributed by atoms with Crippen molar-refractivity contribution < 1.29 is 28.8 Å². The van der Waals surface area contributed by atoms with Gasteiger partial charge in [-0.1, -0.05) is 11.6 Å². The molecule has 3 fully saturated rings. The number of ether oxygens (including phenoxy) is 5. The monoisotopic (exact) mass is 440 g/mol. The fourth-order valence-electron chi connectivity index (χ4n) is 4.42. The Bertz CT molecular complexity index is 981. The van der Waals surface area contributed by atoms with Gasteiger partial charge in [0.05, 0.1) is 12.0 Å². The number of nitrogens with zero attached hydrogens (tertiary/aromatic N) is 3. The molecule has 5 heterocycles.